The van der Waals surface area contributed by atoms with E-state index >= 15 is 0 Å². The third kappa shape index (κ3) is 26.8. The standard InChI is InChI=1S/C51H94O15/c1-3-5-7-9-11-13-15-17-18-19-20-22-23-25-27-29-31-33-42(53)61-36-39(64-43(54)34-32-30-28-26-24-21-16-14-12-10-8-6-4-2)37-62-50-49(60)47(58)45(56)41(66-50)38-63-51-48(59)46(57)44(55)40(35-52)65-51/h17-18,39-41,44-52,55-60H,3-16,19-38H2,1-2H3. The van der Waals surface area contributed by atoms with Crippen LogP contribution in [0.25, 0.3) is 0 Å². The number of esters is 2. The highest BCUT2D eigenvalue weighted by atomic mass is 16.7. The molecule has 66 heavy (non-hydrogen) atoms. The summed E-state index contributed by atoms with van der Waals surface area (Å²) in [6.45, 7) is 2.60. The van der Waals surface area contributed by atoms with Crippen molar-refractivity contribution in [1.29, 1.82) is 0 Å². The Kier molecular flexibility index (Phi) is 35.7. The van der Waals surface area contributed by atoms with Crippen molar-refractivity contribution >= 4 is 11.9 Å². The Hall–Kier alpha value is -1.76. The van der Waals surface area contributed by atoms with Crippen molar-refractivity contribution in [3.05, 3.63) is 12.2 Å². The Labute approximate surface area is 397 Å². The van der Waals surface area contributed by atoms with Gasteiger partial charge in [0.15, 0.2) is 18.7 Å². The van der Waals surface area contributed by atoms with Crippen LogP contribution >= 0.6 is 0 Å². The van der Waals surface area contributed by atoms with Gasteiger partial charge >= 0.3 is 11.9 Å². The lowest BCUT2D eigenvalue weighted by atomic mass is 9.98. The molecule has 0 bridgehead atoms. The van der Waals surface area contributed by atoms with Gasteiger partial charge in [0.1, 0.15) is 55.4 Å². The molecular formula is C51H94O15. The van der Waals surface area contributed by atoms with Crippen LogP contribution in [0.5, 0.6) is 0 Å². The van der Waals surface area contributed by atoms with Gasteiger partial charge in [-0.2, -0.15) is 0 Å². The van der Waals surface area contributed by atoms with Gasteiger partial charge in [0.05, 0.1) is 19.8 Å². The van der Waals surface area contributed by atoms with Crippen LogP contribution in [0.1, 0.15) is 206 Å². The van der Waals surface area contributed by atoms with Gasteiger partial charge in [-0.15, -0.1) is 0 Å². The highest BCUT2D eigenvalue weighted by molar-refractivity contribution is 5.70. The zero-order chi connectivity index (χ0) is 48.2. The van der Waals surface area contributed by atoms with Crippen LogP contribution in [0.15, 0.2) is 12.2 Å². The minimum Gasteiger partial charge on any atom is -0.462 e. The minimum absolute atomic E-state index is 0.170. The van der Waals surface area contributed by atoms with Crippen molar-refractivity contribution in [2.24, 2.45) is 0 Å². The summed E-state index contributed by atoms with van der Waals surface area (Å²) in [5.74, 6) is -0.920. The van der Waals surface area contributed by atoms with Gasteiger partial charge in [0.25, 0.3) is 0 Å². The van der Waals surface area contributed by atoms with Crippen LogP contribution < -0.4 is 0 Å². The molecule has 2 fully saturated rings. The van der Waals surface area contributed by atoms with Crippen molar-refractivity contribution in [3.8, 4) is 0 Å². The van der Waals surface area contributed by atoms with Gasteiger partial charge in [-0.25, -0.2) is 0 Å². The normalized spacial score (nSPS) is 26.2. The smallest absolute Gasteiger partial charge is 0.306 e. The van der Waals surface area contributed by atoms with Crippen LogP contribution in [0.2, 0.25) is 0 Å². The van der Waals surface area contributed by atoms with Gasteiger partial charge in [-0.05, 0) is 38.5 Å². The van der Waals surface area contributed by atoms with E-state index in [-0.39, 0.29) is 26.1 Å². The maximum atomic E-state index is 13.0. The maximum absolute atomic E-state index is 13.0. The molecule has 2 rings (SSSR count). The van der Waals surface area contributed by atoms with E-state index in [0.29, 0.717) is 12.8 Å². The minimum atomic E-state index is -1.76. The van der Waals surface area contributed by atoms with Gasteiger partial charge in [-0.1, -0.05) is 167 Å². The predicted octanol–water partition coefficient (Wildman–Crippen LogP) is 7.38. The summed E-state index contributed by atoms with van der Waals surface area (Å²) in [6, 6.07) is 0. The average Bonchev–Trinajstić information content (AvgIpc) is 3.31. The molecule has 7 N–H and O–H groups in total. The average molecular weight is 947 g/mol. The topological polar surface area (TPSA) is 231 Å². The second-order valence-electron chi connectivity index (χ2n) is 18.7. The number of ether oxygens (including phenoxy) is 6. The lowest BCUT2D eigenvalue weighted by molar-refractivity contribution is -0.332. The Morgan fingerprint density at radius 2 is 0.864 bits per heavy atom. The van der Waals surface area contributed by atoms with Gasteiger partial charge in [0.2, 0.25) is 0 Å². The molecule has 0 amide bonds. The van der Waals surface area contributed by atoms with E-state index < -0.39 is 92.7 Å². The first-order valence-corrected chi connectivity index (χ1v) is 26.3. The summed E-state index contributed by atoms with van der Waals surface area (Å²) in [6.07, 6.45) is 20.9. The summed E-state index contributed by atoms with van der Waals surface area (Å²) >= 11 is 0. The Morgan fingerprint density at radius 1 is 0.470 bits per heavy atom. The van der Waals surface area contributed by atoms with Crippen molar-refractivity contribution in [2.45, 2.75) is 274 Å². The van der Waals surface area contributed by atoms with E-state index in [2.05, 4.69) is 26.0 Å². The SMILES string of the molecule is CCCCCCCCC=CCCCCCCCCCC(=O)OCC(COC1OC(COC2OC(CO)C(O)C(O)C2O)C(O)C(O)C1O)OC(=O)CCCCCCCCCCCCCCC. The molecule has 2 aliphatic rings. The number of carbonyl (C=O) groups is 2. The summed E-state index contributed by atoms with van der Waals surface area (Å²) in [5.41, 5.74) is 0. The summed E-state index contributed by atoms with van der Waals surface area (Å²) in [5, 5.41) is 72.1. The highest BCUT2D eigenvalue weighted by Gasteiger charge is 2.47. The molecule has 0 saturated carbocycles. The molecule has 2 heterocycles. The number of aliphatic hydroxyl groups is 7. The number of hydrogen-bond donors (Lipinski definition) is 7. The molecule has 0 aromatic heterocycles. The monoisotopic (exact) mass is 947 g/mol. The Morgan fingerprint density at radius 3 is 1.33 bits per heavy atom. The van der Waals surface area contributed by atoms with E-state index in [1.165, 1.54) is 122 Å². The fourth-order valence-corrected chi connectivity index (χ4v) is 8.39. The first-order chi connectivity index (χ1) is 32.0. The van der Waals surface area contributed by atoms with Crippen LogP contribution in [-0.2, 0) is 38.0 Å². The molecule has 2 aliphatic heterocycles. The summed E-state index contributed by atoms with van der Waals surface area (Å²) in [7, 11) is 0. The lowest BCUT2D eigenvalue weighted by Gasteiger charge is -2.42. The molecule has 0 aromatic carbocycles. The van der Waals surface area contributed by atoms with E-state index in [1.54, 1.807) is 0 Å². The molecule has 11 atom stereocenters. The van der Waals surface area contributed by atoms with Gasteiger partial charge < -0.3 is 64.2 Å². The number of allylic oxidation sites excluding steroid dienone is 2. The number of rotatable bonds is 41. The van der Waals surface area contributed by atoms with Crippen molar-refractivity contribution < 1.29 is 73.8 Å². The molecule has 15 nitrogen and oxygen atoms in total. The zero-order valence-corrected chi connectivity index (χ0v) is 40.9. The fraction of sp³-hybridized carbons (Fsp3) is 0.922. The molecule has 2 saturated heterocycles. The molecule has 0 spiro atoms. The number of aliphatic hydroxyl groups excluding tert-OH is 7. The quantitative estimate of drug-likeness (QED) is 0.0180. The first-order valence-electron chi connectivity index (χ1n) is 26.3. The predicted molar refractivity (Wildman–Crippen MR) is 252 cm³/mol. The van der Waals surface area contributed by atoms with E-state index in [0.717, 1.165) is 44.9 Å². The highest BCUT2D eigenvalue weighted by Crippen LogP contribution is 2.26. The molecular weight excluding hydrogens is 853 g/mol. The third-order valence-electron chi connectivity index (χ3n) is 12.7. The van der Waals surface area contributed by atoms with Crippen LogP contribution in [0, 0.1) is 0 Å². The van der Waals surface area contributed by atoms with E-state index in [1.807, 2.05) is 0 Å². The fourth-order valence-electron chi connectivity index (χ4n) is 8.39. The second kappa shape index (κ2) is 39.0. The number of carbonyl (C=O) groups excluding carboxylic acids is 2. The Balaban J connectivity index is 1.79. The van der Waals surface area contributed by atoms with E-state index in [4.69, 9.17) is 28.4 Å². The summed E-state index contributed by atoms with van der Waals surface area (Å²) in [4.78, 5) is 25.7. The van der Waals surface area contributed by atoms with Crippen LogP contribution in [-0.4, -0.2) is 142 Å². The van der Waals surface area contributed by atoms with Gasteiger partial charge in [0, 0.05) is 12.8 Å². The zero-order valence-electron chi connectivity index (χ0n) is 40.9. The lowest BCUT2D eigenvalue weighted by Crippen LogP contribution is -2.61. The molecule has 0 aromatic rings. The first kappa shape index (κ1) is 60.4. The van der Waals surface area contributed by atoms with Crippen LogP contribution in [0.4, 0.5) is 0 Å². The van der Waals surface area contributed by atoms with Crippen molar-refractivity contribution in [3.63, 3.8) is 0 Å². The largest absolute Gasteiger partial charge is 0.462 e. The van der Waals surface area contributed by atoms with Crippen molar-refractivity contribution in [2.75, 3.05) is 26.4 Å². The molecule has 15 heteroatoms. The van der Waals surface area contributed by atoms with E-state index in [9.17, 15) is 45.3 Å². The van der Waals surface area contributed by atoms with Crippen molar-refractivity contribution in [1.82, 2.24) is 0 Å². The van der Waals surface area contributed by atoms with Gasteiger partial charge in [-0.3, -0.25) is 9.59 Å². The molecule has 0 radical (unpaired) electrons. The number of unbranched alkanes of at least 4 members (excludes halogenated alkanes) is 25. The second-order valence-corrected chi connectivity index (χ2v) is 18.7. The number of hydrogen-bond acceptors (Lipinski definition) is 15. The molecule has 11 unspecified atom stereocenters. The Bertz CT molecular complexity index is 1210. The summed E-state index contributed by atoms with van der Waals surface area (Å²) < 4.78 is 33.6. The maximum Gasteiger partial charge on any atom is 0.306 e. The molecule has 388 valence electrons. The molecule has 0 aliphatic carbocycles. The van der Waals surface area contributed by atoms with Crippen LogP contribution in [0.3, 0.4) is 0 Å². The third-order valence-corrected chi connectivity index (χ3v) is 12.7.